The van der Waals surface area contributed by atoms with Crippen LogP contribution in [0, 0.1) is 11.6 Å². The van der Waals surface area contributed by atoms with Crippen molar-refractivity contribution < 1.29 is 23.1 Å². The lowest BCUT2D eigenvalue weighted by Gasteiger charge is -2.32. The quantitative estimate of drug-likeness (QED) is 0.561. The topological polar surface area (TPSA) is 46.6 Å². The first-order chi connectivity index (χ1) is 10.7. The molecule has 2 rings (SSSR count). The van der Waals surface area contributed by atoms with Crippen molar-refractivity contribution in [3.63, 3.8) is 0 Å². The molecule has 1 aromatic carbocycles. The summed E-state index contributed by atoms with van der Waals surface area (Å²) >= 11 is 1.12. The van der Waals surface area contributed by atoms with Crippen molar-refractivity contribution in [1.82, 2.24) is 4.31 Å². The molecule has 1 unspecified atom stereocenters. The standard InChI is InChI=1S/C15H18F2NO3PS/c1-15(2,3)21-14(20)18-5-4-6-22(23-18)13(19)10-7-11(16)9-12(17)8-10/h7-9H,4-6H2,1-3H3. The second-order valence-corrected chi connectivity index (χ2v) is 10.1. The number of benzene rings is 1. The van der Waals surface area contributed by atoms with Gasteiger partial charge in [-0.2, -0.15) is 0 Å². The van der Waals surface area contributed by atoms with Crippen molar-refractivity contribution in [2.75, 3.05) is 12.7 Å². The zero-order valence-corrected chi connectivity index (χ0v) is 14.8. The molecule has 23 heavy (non-hydrogen) atoms. The highest BCUT2D eigenvalue weighted by molar-refractivity contribution is 8.59. The molecule has 0 saturated carbocycles. The van der Waals surface area contributed by atoms with Crippen LogP contribution in [-0.4, -0.2) is 34.2 Å². The number of carbonyl (C=O) groups excluding carboxylic acids is 2. The summed E-state index contributed by atoms with van der Waals surface area (Å²) in [5, 5.41) is 0. The molecular weight excluding hydrogens is 343 g/mol. The summed E-state index contributed by atoms with van der Waals surface area (Å²) in [4.78, 5) is 24.5. The smallest absolute Gasteiger partial charge is 0.420 e. The minimum absolute atomic E-state index is 0.00662. The summed E-state index contributed by atoms with van der Waals surface area (Å²) in [5.41, 5.74) is -0.933. The van der Waals surface area contributed by atoms with Gasteiger partial charge in [0.15, 0.2) is 5.52 Å². The van der Waals surface area contributed by atoms with Crippen LogP contribution in [0.4, 0.5) is 13.6 Å². The Labute approximate surface area is 139 Å². The molecule has 1 aromatic rings. The van der Waals surface area contributed by atoms with E-state index in [1.54, 1.807) is 20.8 Å². The van der Waals surface area contributed by atoms with Gasteiger partial charge < -0.3 is 4.74 Å². The number of hydrogen-bond acceptors (Lipinski definition) is 4. The lowest BCUT2D eigenvalue weighted by Crippen LogP contribution is -2.35. The minimum Gasteiger partial charge on any atom is -0.443 e. The van der Waals surface area contributed by atoms with Crippen LogP contribution in [0.3, 0.4) is 0 Å². The summed E-state index contributed by atoms with van der Waals surface area (Å²) < 4.78 is 33.3. The second kappa shape index (κ2) is 7.14. The first-order valence-corrected chi connectivity index (χ1v) is 10.0. The molecule has 1 heterocycles. The average Bonchev–Trinajstić information content (AvgIpc) is 2.44. The van der Waals surface area contributed by atoms with Crippen LogP contribution in [-0.2, 0) is 4.74 Å². The van der Waals surface area contributed by atoms with E-state index in [1.165, 1.54) is 4.31 Å². The molecule has 0 spiro atoms. The Hall–Kier alpha value is -1.20. The van der Waals surface area contributed by atoms with E-state index >= 15 is 0 Å². The highest BCUT2D eigenvalue weighted by Crippen LogP contribution is 2.57. The molecule has 0 bridgehead atoms. The lowest BCUT2D eigenvalue weighted by atomic mass is 10.2. The Bertz CT molecular complexity index is 601. The number of rotatable bonds is 2. The van der Waals surface area contributed by atoms with Crippen LogP contribution in [0.2, 0.25) is 0 Å². The van der Waals surface area contributed by atoms with Gasteiger partial charge in [0.2, 0.25) is 0 Å². The van der Waals surface area contributed by atoms with E-state index < -0.39 is 30.5 Å². The summed E-state index contributed by atoms with van der Waals surface area (Å²) in [7, 11) is -1.28. The molecule has 0 aromatic heterocycles. The van der Waals surface area contributed by atoms with Gasteiger partial charge in [0.25, 0.3) is 0 Å². The van der Waals surface area contributed by atoms with Gasteiger partial charge in [-0.1, -0.05) is 0 Å². The Kier molecular flexibility index (Phi) is 5.63. The van der Waals surface area contributed by atoms with Crippen molar-refractivity contribution in [2.24, 2.45) is 0 Å². The van der Waals surface area contributed by atoms with Crippen LogP contribution in [0.25, 0.3) is 0 Å². The first kappa shape index (κ1) is 18.1. The molecule has 0 aliphatic carbocycles. The molecular formula is C15H18F2NO3PS. The fourth-order valence-electron chi connectivity index (χ4n) is 1.96. The van der Waals surface area contributed by atoms with Crippen LogP contribution >= 0.6 is 18.7 Å². The average molecular weight is 361 g/mol. The number of halogens is 2. The van der Waals surface area contributed by atoms with E-state index in [4.69, 9.17) is 4.74 Å². The zero-order valence-electron chi connectivity index (χ0n) is 13.1. The molecule has 126 valence electrons. The highest BCUT2D eigenvalue weighted by Gasteiger charge is 2.32. The molecule has 1 aliphatic heterocycles. The Morgan fingerprint density at radius 2 is 1.83 bits per heavy atom. The molecule has 8 heteroatoms. The summed E-state index contributed by atoms with van der Waals surface area (Å²) in [6.07, 6.45) is 0.769. The van der Waals surface area contributed by atoms with Crippen LogP contribution in [0.5, 0.6) is 0 Å². The highest BCUT2D eigenvalue weighted by atomic mass is 32.7. The van der Waals surface area contributed by atoms with Gasteiger partial charge >= 0.3 is 6.09 Å². The second-order valence-electron chi connectivity index (χ2n) is 6.08. The van der Waals surface area contributed by atoms with Crippen LogP contribution in [0.1, 0.15) is 37.6 Å². The van der Waals surface area contributed by atoms with E-state index in [1.807, 2.05) is 0 Å². The molecule has 1 fully saturated rings. The third-order valence-electron chi connectivity index (χ3n) is 2.85. The number of carbonyl (C=O) groups is 2. The van der Waals surface area contributed by atoms with Crippen molar-refractivity contribution >= 4 is 30.3 Å². The van der Waals surface area contributed by atoms with Gasteiger partial charge in [0.05, 0.1) is 7.12 Å². The molecule has 0 N–H and O–H groups in total. The summed E-state index contributed by atoms with van der Waals surface area (Å²) in [5.74, 6) is -1.57. The predicted octanol–water partition coefficient (Wildman–Crippen LogP) is 4.79. The van der Waals surface area contributed by atoms with E-state index in [2.05, 4.69) is 0 Å². The molecule has 1 saturated heterocycles. The Balaban J connectivity index is 2.08. The van der Waals surface area contributed by atoms with E-state index in [0.717, 1.165) is 29.8 Å². The van der Waals surface area contributed by atoms with E-state index in [0.29, 0.717) is 19.1 Å². The van der Waals surface area contributed by atoms with Gasteiger partial charge in [-0.3, -0.25) is 4.79 Å². The number of nitrogens with zero attached hydrogens (tertiary/aromatic N) is 1. The first-order valence-electron chi connectivity index (χ1n) is 7.12. The number of amides is 1. The summed E-state index contributed by atoms with van der Waals surface area (Å²) in [6.45, 7) is 5.79. The van der Waals surface area contributed by atoms with Gasteiger partial charge in [-0.25, -0.2) is 17.9 Å². The monoisotopic (exact) mass is 361 g/mol. The normalized spacial score (nSPS) is 18.7. The molecule has 0 radical (unpaired) electrons. The SMILES string of the molecule is CC(C)(C)OC(=O)N1CCCP(C(=O)c2cc(F)cc(F)c2)S1. The predicted molar refractivity (Wildman–Crippen MR) is 87.6 cm³/mol. The fourth-order valence-corrected chi connectivity index (χ4v) is 6.04. The van der Waals surface area contributed by atoms with Gasteiger partial charge in [0.1, 0.15) is 17.2 Å². The zero-order chi connectivity index (χ0) is 17.2. The molecule has 1 aliphatic rings. The molecule has 1 atom stereocenters. The van der Waals surface area contributed by atoms with Crippen molar-refractivity contribution in [3.8, 4) is 0 Å². The molecule has 4 nitrogen and oxygen atoms in total. The maximum absolute atomic E-state index is 13.3. The van der Waals surface area contributed by atoms with Crippen molar-refractivity contribution in [2.45, 2.75) is 32.8 Å². The lowest BCUT2D eigenvalue weighted by molar-refractivity contribution is 0.0406. The largest absolute Gasteiger partial charge is 0.443 e. The van der Waals surface area contributed by atoms with E-state index in [-0.39, 0.29) is 11.1 Å². The van der Waals surface area contributed by atoms with Crippen LogP contribution in [0.15, 0.2) is 18.2 Å². The van der Waals surface area contributed by atoms with Crippen molar-refractivity contribution in [3.05, 3.63) is 35.4 Å². The van der Waals surface area contributed by atoms with Gasteiger partial charge in [0, 0.05) is 18.2 Å². The minimum atomic E-state index is -1.28. The number of ether oxygens (including phenoxy) is 1. The van der Waals surface area contributed by atoms with Crippen LogP contribution < -0.4 is 0 Å². The van der Waals surface area contributed by atoms with Gasteiger partial charge in [-0.15, -0.1) is 0 Å². The summed E-state index contributed by atoms with van der Waals surface area (Å²) in [6, 6.07) is 2.78. The number of hydrogen-bond donors (Lipinski definition) is 0. The Morgan fingerprint density at radius 3 is 2.39 bits per heavy atom. The third kappa shape index (κ3) is 5.15. The maximum Gasteiger partial charge on any atom is 0.420 e. The molecule has 1 amide bonds. The van der Waals surface area contributed by atoms with Gasteiger partial charge in [-0.05, 0) is 57.1 Å². The van der Waals surface area contributed by atoms with Crippen molar-refractivity contribution in [1.29, 1.82) is 0 Å². The third-order valence-corrected chi connectivity index (χ3v) is 7.24. The Morgan fingerprint density at radius 1 is 1.22 bits per heavy atom. The van der Waals surface area contributed by atoms with E-state index in [9.17, 15) is 18.4 Å². The fraction of sp³-hybridized carbons (Fsp3) is 0.467. The maximum atomic E-state index is 13.3.